The first-order chi connectivity index (χ1) is 7.61. The summed E-state index contributed by atoms with van der Waals surface area (Å²) in [5.74, 6) is 0.700. The number of nitrogens with zero attached hydrogens (tertiary/aromatic N) is 1. The Morgan fingerprint density at radius 1 is 1.38 bits per heavy atom. The Bertz CT molecular complexity index is 475. The van der Waals surface area contributed by atoms with Crippen LogP contribution in [0.4, 0.5) is 5.69 Å². The fourth-order valence-corrected chi connectivity index (χ4v) is 1.71. The minimum Gasteiger partial charge on any atom is -0.495 e. The molecule has 0 radical (unpaired) electrons. The Morgan fingerprint density at radius 2 is 2.12 bits per heavy atom. The Balaban J connectivity index is 2.39. The Kier molecular flexibility index (Phi) is 2.69. The van der Waals surface area contributed by atoms with Crippen LogP contribution in [0.15, 0.2) is 34.8 Å². The molecule has 16 heavy (non-hydrogen) atoms. The molecule has 0 bridgehead atoms. The van der Waals surface area contributed by atoms with E-state index in [0.717, 1.165) is 11.3 Å². The molecule has 0 amide bonds. The third-order valence-corrected chi connectivity index (χ3v) is 2.89. The molecule has 1 atom stereocenters. The lowest BCUT2D eigenvalue weighted by Gasteiger charge is -2.06. The molecule has 1 heterocycles. The maximum atomic E-state index is 5.77. The molecular weight excluding hydrogens is 200 g/mol. The van der Waals surface area contributed by atoms with Crippen LogP contribution in [0.3, 0.4) is 0 Å². The number of nitrogens with two attached hydrogens (primary N) is 1. The highest BCUT2D eigenvalue weighted by Gasteiger charge is 2.14. The first-order valence-electron chi connectivity index (χ1n) is 5.31. The highest BCUT2D eigenvalue weighted by molar-refractivity contribution is 6.11. The summed E-state index contributed by atoms with van der Waals surface area (Å²) >= 11 is 0. The van der Waals surface area contributed by atoms with Crippen molar-refractivity contribution in [2.24, 2.45) is 4.99 Å². The van der Waals surface area contributed by atoms with Gasteiger partial charge in [0.25, 0.3) is 0 Å². The molecule has 2 N–H and O–H groups in total. The van der Waals surface area contributed by atoms with Gasteiger partial charge in [0.15, 0.2) is 0 Å². The molecule has 3 nitrogen and oxygen atoms in total. The zero-order valence-electron chi connectivity index (χ0n) is 9.82. The smallest absolute Gasteiger partial charge is 0.142 e. The van der Waals surface area contributed by atoms with Crippen LogP contribution in [-0.4, -0.2) is 18.9 Å². The van der Waals surface area contributed by atoms with Crippen molar-refractivity contribution in [3.8, 4) is 5.75 Å². The second kappa shape index (κ2) is 4.00. The van der Waals surface area contributed by atoms with Gasteiger partial charge in [0.1, 0.15) is 5.75 Å². The van der Waals surface area contributed by atoms with E-state index < -0.39 is 0 Å². The van der Waals surface area contributed by atoms with Gasteiger partial charge in [0, 0.05) is 5.56 Å². The van der Waals surface area contributed by atoms with Crippen molar-refractivity contribution >= 4 is 11.4 Å². The van der Waals surface area contributed by atoms with Gasteiger partial charge in [-0.2, -0.15) is 0 Å². The molecule has 0 spiro atoms. The highest BCUT2D eigenvalue weighted by atomic mass is 16.5. The summed E-state index contributed by atoms with van der Waals surface area (Å²) in [6.07, 6.45) is 2.11. The van der Waals surface area contributed by atoms with Crippen LogP contribution >= 0.6 is 0 Å². The summed E-state index contributed by atoms with van der Waals surface area (Å²) in [6.45, 7) is 4.18. The summed E-state index contributed by atoms with van der Waals surface area (Å²) in [6, 6.07) is 6.02. The molecule has 0 aliphatic carbocycles. The third-order valence-electron chi connectivity index (χ3n) is 2.89. The molecule has 2 rings (SSSR count). The molecule has 1 aromatic rings. The molecule has 1 aliphatic heterocycles. The van der Waals surface area contributed by atoms with Gasteiger partial charge < -0.3 is 10.5 Å². The molecule has 0 fully saturated rings. The Labute approximate surface area is 95.6 Å². The van der Waals surface area contributed by atoms with E-state index in [0.29, 0.717) is 11.4 Å². The summed E-state index contributed by atoms with van der Waals surface area (Å²) < 4.78 is 5.20. The van der Waals surface area contributed by atoms with E-state index >= 15 is 0 Å². The van der Waals surface area contributed by atoms with E-state index in [-0.39, 0.29) is 6.04 Å². The van der Waals surface area contributed by atoms with Crippen molar-refractivity contribution in [2.75, 3.05) is 12.8 Å². The number of aliphatic imine (C=N–C) groups is 1. The molecule has 1 aromatic carbocycles. The maximum absolute atomic E-state index is 5.77. The van der Waals surface area contributed by atoms with Gasteiger partial charge in [-0.05, 0) is 37.6 Å². The monoisotopic (exact) mass is 216 g/mol. The van der Waals surface area contributed by atoms with Crippen LogP contribution in [0.1, 0.15) is 19.4 Å². The number of hydrogen-bond acceptors (Lipinski definition) is 3. The maximum Gasteiger partial charge on any atom is 0.142 e. The van der Waals surface area contributed by atoms with Gasteiger partial charge in [-0.15, -0.1) is 0 Å². The van der Waals surface area contributed by atoms with E-state index in [4.69, 9.17) is 10.5 Å². The third kappa shape index (κ3) is 1.81. The van der Waals surface area contributed by atoms with Crippen molar-refractivity contribution in [1.29, 1.82) is 0 Å². The SMILES string of the molecule is COc1cc(C2=NC(C)C(C)=C2)ccc1N. The minimum atomic E-state index is 0.276. The van der Waals surface area contributed by atoms with E-state index in [1.54, 1.807) is 7.11 Å². The molecular formula is C13H16N2O. The molecule has 3 heteroatoms. The number of benzene rings is 1. The van der Waals surface area contributed by atoms with Crippen LogP contribution in [0, 0.1) is 0 Å². The first-order valence-corrected chi connectivity index (χ1v) is 5.31. The topological polar surface area (TPSA) is 47.6 Å². The number of anilines is 1. The van der Waals surface area contributed by atoms with Gasteiger partial charge >= 0.3 is 0 Å². The molecule has 1 unspecified atom stereocenters. The average Bonchev–Trinajstić information content (AvgIpc) is 2.60. The molecule has 0 aromatic heterocycles. The average molecular weight is 216 g/mol. The number of allylic oxidation sites excluding steroid dienone is 1. The number of methoxy groups -OCH3 is 1. The normalized spacial score (nSPS) is 19.3. The van der Waals surface area contributed by atoms with Crippen LogP contribution in [0.25, 0.3) is 0 Å². The first kappa shape index (κ1) is 10.7. The predicted molar refractivity (Wildman–Crippen MR) is 67.2 cm³/mol. The number of nitrogen functional groups attached to an aromatic ring is 1. The van der Waals surface area contributed by atoms with Crippen molar-refractivity contribution in [2.45, 2.75) is 19.9 Å². The summed E-state index contributed by atoms with van der Waals surface area (Å²) in [4.78, 5) is 4.57. The van der Waals surface area contributed by atoms with Gasteiger partial charge in [-0.3, -0.25) is 4.99 Å². The summed E-state index contributed by atoms with van der Waals surface area (Å²) in [7, 11) is 1.62. The lowest BCUT2D eigenvalue weighted by molar-refractivity contribution is 0.417. The van der Waals surface area contributed by atoms with Crippen molar-refractivity contribution in [3.63, 3.8) is 0 Å². The fourth-order valence-electron chi connectivity index (χ4n) is 1.71. The second-order valence-electron chi connectivity index (χ2n) is 4.04. The van der Waals surface area contributed by atoms with E-state index in [1.165, 1.54) is 5.57 Å². The summed E-state index contributed by atoms with van der Waals surface area (Å²) in [5.41, 5.74) is 9.76. The van der Waals surface area contributed by atoms with Crippen molar-refractivity contribution in [3.05, 3.63) is 35.4 Å². The number of hydrogen-bond donors (Lipinski definition) is 1. The molecule has 0 saturated carbocycles. The lowest BCUT2D eigenvalue weighted by Crippen LogP contribution is -1.99. The lowest BCUT2D eigenvalue weighted by atomic mass is 10.1. The minimum absolute atomic E-state index is 0.276. The second-order valence-corrected chi connectivity index (χ2v) is 4.04. The quantitative estimate of drug-likeness (QED) is 0.772. The van der Waals surface area contributed by atoms with Crippen LogP contribution in [-0.2, 0) is 0 Å². The van der Waals surface area contributed by atoms with Gasteiger partial charge in [0.05, 0.1) is 24.6 Å². The predicted octanol–water partition coefficient (Wildman–Crippen LogP) is 2.41. The van der Waals surface area contributed by atoms with Crippen LogP contribution in [0.2, 0.25) is 0 Å². The van der Waals surface area contributed by atoms with Gasteiger partial charge in [0.2, 0.25) is 0 Å². The van der Waals surface area contributed by atoms with E-state index in [2.05, 4.69) is 24.9 Å². The fraction of sp³-hybridized carbons (Fsp3) is 0.308. The standard InChI is InChI=1S/C13H16N2O/c1-8-6-12(15-9(8)2)10-4-5-11(14)13(7-10)16-3/h4-7,9H,14H2,1-3H3. The van der Waals surface area contributed by atoms with Gasteiger partial charge in [-0.25, -0.2) is 0 Å². The molecule has 1 aliphatic rings. The zero-order chi connectivity index (χ0) is 11.7. The van der Waals surface area contributed by atoms with Gasteiger partial charge in [-0.1, -0.05) is 6.07 Å². The Morgan fingerprint density at radius 3 is 2.69 bits per heavy atom. The largest absolute Gasteiger partial charge is 0.495 e. The molecule has 84 valence electrons. The van der Waals surface area contributed by atoms with Crippen LogP contribution < -0.4 is 10.5 Å². The number of ether oxygens (including phenoxy) is 1. The van der Waals surface area contributed by atoms with Crippen molar-refractivity contribution in [1.82, 2.24) is 0 Å². The van der Waals surface area contributed by atoms with Crippen LogP contribution in [0.5, 0.6) is 5.75 Å². The van der Waals surface area contributed by atoms with Crippen molar-refractivity contribution < 1.29 is 4.74 Å². The molecule has 0 saturated heterocycles. The summed E-state index contributed by atoms with van der Waals surface area (Å²) in [5, 5.41) is 0. The van der Waals surface area contributed by atoms with E-state index in [1.807, 2.05) is 18.2 Å². The number of rotatable bonds is 2. The zero-order valence-corrected chi connectivity index (χ0v) is 9.82. The Hall–Kier alpha value is -1.77. The van der Waals surface area contributed by atoms with E-state index in [9.17, 15) is 0 Å². The highest BCUT2D eigenvalue weighted by Crippen LogP contribution is 2.25.